The summed E-state index contributed by atoms with van der Waals surface area (Å²) in [5.41, 5.74) is 5.49. The minimum Gasteiger partial charge on any atom is -0.325 e. The molecule has 6 nitrogen and oxygen atoms in total. The lowest BCUT2D eigenvalue weighted by molar-refractivity contribution is -0.113. The summed E-state index contributed by atoms with van der Waals surface area (Å²) in [6, 6.07) is 20.7. The summed E-state index contributed by atoms with van der Waals surface area (Å²) in [5, 5.41) is 3.84. The molecule has 0 atom stereocenters. The first-order valence-electron chi connectivity index (χ1n) is 11.7. The molecular weight excluding hydrogens is 556 g/mol. The van der Waals surface area contributed by atoms with E-state index in [1.165, 1.54) is 23.1 Å². The van der Waals surface area contributed by atoms with Gasteiger partial charge >= 0.3 is 0 Å². The fourth-order valence-corrected chi connectivity index (χ4v) is 6.38. The Hall–Kier alpha value is -3.24. The molecule has 0 unspecified atom stereocenters. The maximum Gasteiger partial charge on any atom is 0.278 e. The first-order valence-corrected chi connectivity index (χ1v) is 14.3. The third-order valence-electron chi connectivity index (χ3n) is 5.97. The van der Waals surface area contributed by atoms with Gasteiger partial charge in [-0.1, -0.05) is 76.7 Å². The van der Waals surface area contributed by atoms with E-state index in [2.05, 4.69) is 11.4 Å². The molecule has 0 aliphatic carbocycles. The number of carbonyl (C=O) groups excluding carboxylic acids is 1. The maximum atomic E-state index is 13.8. The quantitative estimate of drug-likeness (QED) is 0.130. The lowest BCUT2D eigenvalue weighted by Crippen LogP contribution is -2.22. The van der Waals surface area contributed by atoms with Gasteiger partial charge in [0.15, 0.2) is 14.8 Å². The van der Waals surface area contributed by atoms with Crippen LogP contribution in [0.1, 0.15) is 16.7 Å². The fourth-order valence-electron chi connectivity index (χ4n) is 4.10. The normalized spacial score (nSPS) is 11.2. The first-order chi connectivity index (χ1) is 18.2. The largest absolute Gasteiger partial charge is 0.325 e. The van der Waals surface area contributed by atoms with Crippen LogP contribution in [0.3, 0.4) is 0 Å². The van der Waals surface area contributed by atoms with Crippen LogP contribution >= 0.6 is 46.9 Å². The summed E-state index contributed by atoms with van der Waals surface area (Å²) in [4.78, 5) is 31.6. The molecule has 3 aromatic carbocycles. The summed E-state index contributed by atoms with van der Waals surface area (Å²) in [7, 11) is 0. The second kappa shape index (κ2) is 10.9. The van der Waals surface area contributed by atoms with Crippen LogP contribution in [0.25, 0.3) is 21.7 Å². The average molecular weight is 579 g/mol. The number of thioether (sulfide) groups is 1. The second-order valence-electron chi connectivity index (χ2n) is 8.82. The number of aryl methyl sites for hydroxylation is 3. The van der Waals surface area contributed by atoms with Crippen molar-refractivity contribution in [2.45, 2.75) is 25.9 Å². The van der Waals surface area contributed by atoms with E-state index in [0.717, 1.165) is 22.4 Å². The standard InChI is InChI=1S/C28H23ClN4O2S3/c1-16-9-12-22(18(3)13-16)33-25-24(38-28(33)36)26(35)32(20-7-5-4-6-8-20)27(31-25)37-15-23(34)30-19-11-10-17(2)21(29)14-19/h4-14H,15H2,1-3H3,(H,30,34). The summed E-state index contributed by atoms with van der Waals surface area (Å²) in [5.74, 6) is -0.189. The Morgan fingerprint density at radius 3 is 2.50 bits per heavy atom. The van der Waals surface area contributed by atoms with Gasteiger partial charge in [-0.05, 0) is 74.4 Å². The zero-order chi connectivity index (χ0) is 27.0. The number of carbonyl (C=O) groups is 1. The molecule has 1 N–H and O–H groups in total. The summed E-state index contributed by atoms with van der Waals surface area (Å²) >= 11 is 14.3. The molecule has 10 heteroatoms. The van der Waals surface area contributed by atoms with E-state index in [-0.39, 0.29) is 17.2 Å². The molecule has 5 aromatic rings. The number of para-hydroxylation sites is 1. The van der Waals surface area contributed by atoms with Crippen LogP contribution in [-0.2, 0) is 4.79 Å². The lowest BCUT2D eigenvalue weighted by atomic mass is 10.1. The van der Waals surface area contributed by atoms with E-state index in [4.69, 9.17) is 28.8 Å². The third-order valence-corrected chi connectivity index (χ3v) is 8.67. The Morgan fingerprint density at radius 1 is 1.03 bits per heavy atom. The SMILES string of the molecule is Cc1ccc(-n2c(=S)sc3c(=O)n(-c4ccccc4)c(SCC(=O)Nc4ccc(C)c(Cl)c4)nc32)c(C)c1. The van der Waals surface area contributed by atoms with Gasteiger partial charge in [-0.3, -0.25) is 18.7 Å². The van der Waals surface area contributed by atoms with E-state index in [0.29, 0.717) is 35.9 Å². The van der Waals surface area contributed by atoms with Gasteiger partial charge in [-0.2, -0.15) is 0 Å². The van der Waals surface area contributed by atoms with Crippen LogP contribution in [0.5, 0.6) is 0 Å². The van der Waals surface area contributed by atoms with Crippen molar-refractivity contribution in [1.82, 2.24) is 14.1 Å². The number of aromatic nitrogens is 3. The van der Waals surface area contributed by atoms with Crippen LogP contribution < -0.4 is 10.9 Å². The smallest absolute Gasteiger partial charge is 0.278 e. The van der Waals surface area contributed by atoms with Crippen molar-refractivity contribution in [2.75, 3.05) is 11.1 Å². The molecule has 5 rings (SSSR count). The minimum absolute atomic E-state index is 0.0463. The predicted molar refractivity (Wildman–Crippen MR) is 160 cm³/mol. The number of anilines is 1. The molecule has 0 aliphatic rings. The van der Waals surface area contributed by atoms with Crippen LogP contribution in [0.15, 0.2) is 76.7 Å². The van der Waals surface area contributed by atoms with Gasteiger partial charge in [0, 0.05) is 10.7 Å². The minimum atomic E-state index is -0.236. The predicted octanol–water partition coefficient (Wildman–Crippen LogP) is 7.28. The molecule has 2 heterocycles. The number of amides is 1. The maximum absolute atomic E-state index is 13.8. The van der Waals surface area contributed by atoms with Gasteiger partial charge in [-0.15, -0.1) is 0 Å². The molecule has 0 fully saturated rings. The summed E-state index contributed by atoms with van der Waals surface area (Å²) in [6.07, 6.45) is 0. The highest BCUT2D eigenvalue weighted by atomic mass is 35.5. The van der Waals surface area contributed by atoms with Gasteiger partial charge in [0.2, 0.25) is 5.91 Å². The van der Waals surface area contributed by atoms with Crippen molar-refractivity contribution < 1.29 is 4.79 Å². The zero-order valence-electron chi connectivity index (χ0n) is 20.8. The highest BCUT2D eigenvalue weighted by Crippen LogP contribution is 2.29. The van der Waals surface area contributed by atoms with Crippen molar-refractivity contribution in [2.24, 2.45) is 0 Å². The van der Waals surface area contributed by atoms with Crippen molar-refractivity contribution >= 4 is 68.9 Å². The Bertz CT molecular complexity index is 1810. The molecule has 0 spiro atoms. The van der Waals surface area contributed by atoms with E-state index < -0.39 is 0 Å². The Balaban J connectivity index is 1.59. The number of halogens is 1. The van der Waals surface area contributed by atoms with E-state index >= 15 is 0 Å². The number of thiazole rings is 1. The fraction of sp³-hybridized carbons (Fsp3) is 0.143. The molecule has 2 aromatic heterocycles. The molecule has 0 radical (unpaired) electrons. The number of hydrogen-bond donors (Lipinski definition) is 1. The summed E-state index contributed by atoms with van der Waals surface area (Å²) < 4.78 is 4.38. The van der Waals surface area contributed by atoms with E-state index in [9.17, 15) is 9.59 Å². The number of benzene rings is 3. The Labute approximate surface area is 237 Å². The number of nitrogens with one attached hydrogen (secondary N) is 1. The monoisotopic (exact) mass is 578 g/mol. The second-order valence-corrected chi connectivity index (χ2v) is 11.8. The molecule has 0 saturated carbocycles. The molecule has 38 heavy (non-hydrogen) atoms. The third kappa shape index (κ3) is 5.19. The van der Waals surface area contributed by atoms with E-state index in [1.54, 1.807) is 16.7 Å². The summed E-state index contributed by atoms with van der Waals surface area (Å²) in [6.45, 7) is 5.94. The molecule has 0 bridgehead atoms. The zero-order valence-corrected chi connectivity index (χ0v) is 24.0. The van der Waals surface area contributed by atoms with Crippen molar-refractivity contribution in [3.63, 3.8) is 0 Å². The van der Waals surface area contributed by atoms with Crippen LogP contribution in [0.2, 0.25) is 5.02 Å². The highest BCUT2D eigenvalue weighted by molar-refractivity contribution is 7.99. The molecular formula is C28H23ClN4O2S3. The van der Waals surface area contributed by atoms with Crippen molar-refractivity contribution in [1.29, 1.82) is 0 Å². The lowest BCUT2D eigenvalue weighted by Gasteiger charge is -2.14. The molecule has 0 aliphatic heterocycles. The number of nitrogens with zero attached hydrogens (tertiary/aromatic N) is 3. The Morgan fingerprint density at radius 2 is 1.79 bits per heavy atom. The van der Waals surface area contributed by atoms with Crippen molar-refractivity contribution in [3.8, 4) is 11.4 Å². The topological polar surface area (TPSA) is 68.9 Å². The van der Waals surface area contributed by atoms with Crippen LogP contribution in [0.4, 0.5) is 5.69 Å². The van der Waals surface area contributed by atoms with E-state index in [1.807, 2.05) is 73.9 Å². The number of hydrogen-bond acceptors (Lipinski definition) is 6. The van der Waals surface area contributed by atoms with Crippen LogP contribution in [-0.4, -0.2) is 25.8 Å². The van der Waals surface area contributed by atoms with Gasteiger partial charge in [0.05, 0.1) is 17.1 Å². The van der Waals surface area contributed by atoms with Gasteiger partial charge in [-0.25, -0.2) is 4.98 Å². The number of rotatable bonds is 6. The molecule has 192 valence electrons. The number of fused-ring (bicyclic) bond motifs is 1. The average Bonchev–Trinajstić information content (AvgIpc) is 3.21. The first kappa shape index (κ1) is 26.4. The highest BCUT2D eigenvalue weighted by Gasteiger charge is 2.20. The van der Waals surface area contributed by atoms with Crippen molar-refractivity contribution in [3.05, 3.63) is 103 Å². The van der Waals surface area contributed by atoms with Crippen LogP contribution in [0, 0.1) is 24.7 Å². The molecule has 0 saturated heterocycles. The van der Waals surface area contributed by atoms with Gasteiger partial charge < -0.3 is 5.32 Å². The van der Waals surface area contributed by atoms with Gasteiger partial charge in [0.25, 0.3) is 5.56 Å². The molecule has 1 amide bonds. The Kier molecular flexibility index (Phi) is 7.54. The van der Waals surface area contributed by atoms with Gasteiger partial charge in [0.1, 0.15) is 4.70 Å².